The van der Waals surface area contributed by atoms with Gasteiger partial charge in [-0.2, -0.15) is 0 Å². The normalized spacial score (nSPS) is 10.9. The average molecular weight is 460 g/mol. The molecule has 1 N–H and O–H groups in total. The first kappa shape index (κ1) is 14.2. The summed E-state index contributed by atoms with van der Waals surface area (Å²) in [6.45, 7) is 0.635. The highest BCUT2D eigenvalue weighted by atomic mass is 79.9. The lowest BCUT2D eigenvalue weighted by atomic mass is 10.1. The van der Waals surface area contributed by atoms with Crippen LogP contribution in [0.3, 0.4) is 0 Å². The van der Waals surface area contributed by atoms with Gasteiger partial charge in [-0.15, -0.1) is 0 Å². The van der Waals surface area contributed by atoms with Crippen LogP contribution in [0.1, 0.15) is 5.76 Å². The van der Waals surface area contributed by atoms with Crippen molar-refractivity contribution in [2.45, 2.75) is 6.54 Å². The minimum Gasteiger partial charge on any atom is -0.451 e. The van der Waals surface area contributed by atoms with Gasteiger partial charge in [-0.3, -0.25) is 0 Å². The van der Waals surface area contributed by atoms with Crippen molar-refractivity contribution in [1.82, 2.24) is 0 Å². The summed E-state index contributed by atoms with van der Waals surface area (Å²) in [6.07, 6.45) is 0. The summed E-state index contributed by atoms with van der Waals surface area (Å²) >= 11 is 10.3. The van der Waals surface area contributed by atoms with E-state index in [2.05, 4.69) is 77.4 Å². The third-order valence-corrected chi connectivity index (χ3v) is 5.42. The van der Waals surface area contributed by atoms with Gasteiger partial charge in [-0.1, -0.05) is 40.2 Å². The van der Waals surface area contributed by atoms with E-state index in [1.54, 1.807) is 0 Å². The molecule has 1 heterocycles. The van der Waals surface area contributed by atoms with Gasteiger partial charge in [0.25, 0.3) is 0 Å². The Kier molecular flexibility index (Phi) is 4.19. The molecule has 0 fully saturated rings. The summed E-state index contributed by atoms with van der Waals surface area (Å²) in [6, 6.07) is 14.4. The Morgan fingerprint density at radius 2 is 1.65 bits per heavy atom. The fourth-order valence-electron chi connectivity index (χ4n) is 2.08. The lowest BCUT2D eigenvalue weighted by Gasteiger charge is -2.09. The zero-order chi connectivity index (χ0) is 14.1. The summed E-state index contributed by atoms with van der Waals surface area (Å²) < 4.78 is 8.31. The second-order valence-corrected chi connectivity index (χ2v) is 6.76. The fourth-order valence-corrected chi connectivity index (χ4v) is 3.21. The fraction of sp³-hybridized carbons (Fsp3) is 0.0667. The molecular formula is C15H10Br3NO. The maximum absolute atomic E-state index is 5.57. The molecular weight excluding hydrogens is 450 g/mol. The molecule has 0 spiro atoms. The van der Waals surface area contributed by atoms with Crippen LogP contribution in [0.5, 0.6) is 0 Å². The second kappa shape index (κ2) is 5.92. The molecule has 0 aliphatic carbocycles. The van der Waals surface area contributed by atoms with Gasteiger partial charge < -0.3 is 9.73 Å². The molecule has 0 aliphatic heterocycles. The van der Waals surface area contributed by atoms with Crippen molar-refractivity contribution >= 4 is 64.2 Å². The Balaban J connectivity index is 1.89. The Morgan fingerprint density at radius 3 is 2.35 bits per heavy atom. The Morgan fingerprint density at radius 1 is 0.900 bits per heavy atom. The first-order valence-corrected chi connectivity index (χ1v) is 8.38. The van der Waals surface area contributed by atoms with Crippen molar-refractivity contribution in [1.29, 1.82) is 0 Å². The van der Waals surface area contributed by atoms with Crippen molar-refractivity contribution in [3.05, 3.63) is 61.8 Å². The van der Waals surface area contributed by atoms with Crippen LogP contribution in [-0.2, 0) is 6.54 Å². The highest BCUT2D eigenvalue weighted by molar-refractivity contribution is 9.13. The first-order valence-electron chi connectivity index (χ1n) is 6.00. The van der Waals surface area contributed by atoms with E-state index in [1.807, 2.05) is 18.2 Å². The van der Waals surface area contributed by atoms with Crippen LogP contribution < -0.4 is 5.32 Å². The summed E-state index contributed by atoms with van der Waals surface area (Å²) in [5, 5.41) is 5.80. The Bertz CT molecular complexity index is 747. The maximum atomic E-state index is 5.57. The zero-order valence-electron chi connectivity index (χ0n) is 10.3. The van der Waals surface area contributed by atoms with Gasteiger partial charge in [0, 0.05) is 15.5 Å². The smallest absolute Gasteiger partial charge is 0.183 e. The second-order valence-electron chi connectivity index (χ2n) is 4.33. The molecule has 0 saturated heterocycles. The van der Waals surface area contributed by atoms with Crippen LogP contribution >= 0.6 is 47.8 Å². The molecule has 0 saturated carbocycles. The summed E-state index contributed by atoms with van der Waals surface area (Å²) in [4.78, 5) is 0. The number of hydrogen-bond acceptors (Lipinski definition) is 2. The van der Waals surface area contributed by atoms with Gasteiger partial charge in [-0.25, -0.2) is 0 Å². The monoisotopic (exact) mass is 457 g/mol. The molecule has 20 heavy (non-hydrogen) atoms. The number of halogens is 3. The Hall–Kier alpha value is -0.780. The molecule has 5 heteroatoms. The number of fused-ring (bicyclic) bond motifs is 1. The minimum absolute atomic E-state index is 0.635. The lowest BCUT2D eigenvalue weighted by Crippen LogP contribution is -1.98. The third-order valence-electron chi connectivity index (χ3n) is 3.02. The highest BCUT2D eigenvalue weighted by Crippen LogP contribution is 2.31. The molecule has 0 aliphatic rings. The number of benzene rings is 2. The molecule has 0 unspecified atom stereocenters. The molecule has 0 amide bonds. The predicted octanol–water partition coefficient (Wildman–Crippen LogP) is 6.33. The summed E-state index contributed by atoms with van der Waals surface area (Å²) in [5.41, 5.74) is 1.09. The summed E-state index contributed by atoms with van der Waals surface area (Å²) in [7, 11) is 0. The number of furan rings is 1. The van der Waals surface area contributed by atoms with Gasteiger partial charge in [0.1, 0.15) is 5.76 Å². The van der Waals surface area contributed by atoms with Gasteiger partial charge in [0.05, 0.1) is 11.0 Å². The lowest BCUT2D eigenvalue weighted by molar-refractivity contribution is 0.494. The van der Waals surface area contributed by atoms with E-state index in [1.165, 1.54) is 10.8 Å². The van der Waals surface area contributed by atoms with E-state index in [9.17, 15) is 0 Å². The van der Waals surface area contributed by atoms with Crippen LogP contribution in [0.25, 0.3) is 10.8 Å². The van der Waals surface area contributed by atoms with Crippen LogP contribution in [0.15, 0.2) is 60.5 Å². The molecule has 2 nitrogen and oxygen atoms in total. The quantitative estimate of drug-likeness (QED) is 0.495. The number of anilines is 1. The summed E-state index contributed by atoms with van der Waals surface area (Å²) in [5.74, 6) is 0.871. The van der Waals surface area contributed by atoms with Crippen molar-refractivity contribution in [2.24, 2.45) is 0 Å². The molecule has 3 rings (SSSR count). The predicted molar refractivity (Wildman–Crippen MR) is 93.1 cm³/mol. The van der Waals surface area contributed by atoms with Crippen LogP contribution in [-0.4, -0.2) is 0 Å². The first-order chi connectivity index (χ1) is 9.65. The van der Waals surface area contributed by atoms with Crippen molar-refractivity contribution in [3.8, 4) is 0 Å². The van der Waals surface area contributed by atoms with Crippen LogP contribution in [0.4, 0.5) is 5.69 Å². The average Bonchev–Trinajstić information content (AvgIpc) is 2.77. The van der Waals surface area contributed by atoms with E-state index in [0.29, 0.717) is 6.54 Å². The number of nitrogens with one attached hydrogen (secondary N) is 1. The molecule has 0 bridgehead atoms. The highest BCUT2D eigenvalue weighted by Gasteiger charge is 2.07. The SMILES string of the molecule is Brc1cc(CNc2ccc(Br)c3ccccc23)oc1Br. The molecule has 3 aromatic rings. The van der Waals surface area contributed by atoms with Crippen molar-refractivity contribution in [2.75, 3.05) is 5.32 Å². The van der Waals surface area contributed by atoms with E-state index in [-0.39, 0.29) is 0 Å². The van der Waals surface area contributed by atoms with E-state index < -0.39 is 0 Å². The van der Waals surface area contributed by atoms with Crippen molar-refractivity contribution < 1.29 is 4.42 Å². The van der Waals surface area contributed by atoms with Crippen LogP contribution in [0, 0.1) is 0 Å². The van der Waals surface area contributed by atoms with Crippen molar-refractivity contribution in [3.63, 3.8) is 0 Å². The Labute approximate surface area is 141 Å². The zero-order valence-corrected chi connectivity index (χ0v) is 15.0. The molecule has 0 radical (unpaired) electrons. The van der Waals surface area contributed by atoms with E-state index >= 15 is 0 Å². The minimum atomic E-state index is 0.635. The largest absolute Gasteiger partial charge is 0.451 e. The number of rotatable bonds is 3. The van der Waals surface area contributed by atoms with E-state index in [4.69, 9.17) is 4.42 Å². The van der Waals surface area contributed by atoms with Gasteiger partial charge in [0.2, 0.25) is 0 Å². The van der Waals surface area contributed by atoms with Gasteiger partial charge >= 0.3 is 0 Å². The van der Waals surface area contributed by atoms with Gasteiger partial charge in [-0.05, 0) is 55.4 Å². The molecule has 102 valence electrons. The molecule has 1 aromatic heterocycles. The third kappa shape index (κ3) is 2.80. The van der Waals surface area contributed by atoms with Crippen LogP contribution in [0.2, 0.25) is 0 Å². The van der Waals surface area contributed by atoms with E-state index in [0.717, 1.165) is 25.1 Å². The van der Waals surface area contributed by atoms with Gasteiger partial charge in [0.15, 0.2) is 4.67 Å². The standard InChI is InChI=1S/C15H10Br3NO/c16-12-5-6-14(11-4-2-1-3-10(11)12)19-8-9-7-13(17)15(18)20-9/h1-7,19H,8H2. The molecule has 2 aromatic carbocycles. The number of hydrogen-bond donors (Lipinski definition) is 1. The maximum Gasteiger partial charge on any atom is 0.183 e. The topological polar surface area (TPSA) is 25.2 Å². The molecule has 0 atom stereocenters.